The van der Waals surface area contributed by atoms with Crippen molar-refractivity contribution in [1.29, 1.82) is 0 Å². The number of hydrogen-bond acceptors (Lipinski definition) is 3. The number of benzene rings is 1. The zero-order chi connectivity index (χ0) is 14.2. The lowest BCUT2D eigenvalue weighted by molar-refractivity contribution is 0.0526. The number of fused-ring (bicyclic) bond motifs is 1. The van der Waals surface area contributed by atoms with E-state index >= 15 is 0 Å². The first-order valence-corrected chi connectivity index (χ1v) is 5.64. The summed E-state index contributed by atoms with van der Waals surface area (Å²) in [5.74, 6) is -4.67. The quantitative estimate of drug-likeness (QED) is 0.627. The Hall–Kier alpha value is -1.82. The van der Waals surface area contributed by atoms with E-state index in [9.17, 15) is 18.0 Å². The smallest absolute Gasteiger partial charge is 0.341 e. The number of carbonyl (C=O) groups is 1. The molecule has 0 spiro atoms. The number of ether oxygens (including phenoxy) is 1. The second-order valence-corrected chi connectivity index (χ2v) is 3.96. The summed E-state index contributed by atoms with van der Waals surface area (Å²) >= 11 is 5.81. The van der Waals surface area contributed by atoms with Crippen LogP contribution in [0.25, 0.3) is 10.9 Å². The predicted octanol–water partition coefficient (Wildman–Crippen LogP) is 3.48. The van der Waals surface area contributed by atoms with Crippen LogP contribution in [0, 0.1) is 17.5 Å². The molecule has 0 aliphatic carbocycles. The summed E-state index contributed by atoms with van der Waals surface area (Å²) in [6, 6.07) is 0.366. The highest BCUT2D eigenvalue weighted by molar-refractivity contribution is 6.38. The Morgan fingerprint density at radius 3 is 2.68 bits per heavy atom. The monoisotopic (exact) mass is 289 g/mol. The molecule has 7 heteroatoms. The molecular formula is C12H7ClF3NO2. The molecule has 0 aliphatic heterocycles. The lowest BCUT2D eigenvalue weighted by Crippen LogP contribution is -2.07. The van der Waals surface area contributed by atoms with Crippen LogP contribution in [-0.2, 0) is 4.74 Å². The number of esters is 1. The average Bonchev–Trinajstić information content (AvgIpc) is 2.36. The first-order valence-electron chi connectivity index (χ1n) is 5.26. The molecule has 19 heavy (non-hydrogen) atoms. The van der Waals surface area contributed by atoms with Gasteiger partial charge in [0.2, 0.25) is 0 Å². The number of pyridine rings is 1. The molecule has 1 heterocycles. The summed E-state index contributed by atoms with van der Waals surface area (Å²) in [5.41, 5.74) is -0.697. The van der Waals surface area contributed by atoms with E-state index in [-0.39, 0.29) is 12.2 Å². The minimum atomic E-state index is -1.41. The summed E-state index contributed by atoms with van der Waals surface area (Å²) in [5, 5.41) is -1.01. The number of rotatable bonds is 2. The Bertz CT molecular complexity index is 676. The Morgan fingerprint density at radius 1 is 1.37 bits per heavy atom. The van der Waals surface area contributed by atoms with Gasteiger partial charge in [-0.1, -0.05) is 11.6 Å². The zero-order valence-electron chi connectivity index (χ0n) is 9.64. The van der Waals surface area contributed by atoms with Crippen LogP contribution >= 0.6 is 11.6 Å². The topological polar surface area (TPSA) is 39.2 Å². The first kappa shape index (κ1) is 13.6. The van der Waals surface area contributed by atoms with Crippen molar-refractivity contribution in [3.05, 3.63) is 40.3 Å². The molecular weight excluding hydrogens is 283 g/mol. The van der Waals surface area contributed by atoms with Crippen molar-refractivity contribution in [2.45, 2.75) is 6.92 Å². The summed E-state index contributed by atoms with van der Waals surface area (Å²) < 4.78 is 44.9. The Morgan fingerprint density at radius 2 is 2.05 bits per heavy atom. The molecule has 100 valence electrons. The van der Waals surface area contributed by atoms with E-state index < -0.39 is 39.3 Å². The van der Waals surface area contributed by atoms with Crippen molar-refractivity contribution >= 4 is 28.5 Å². The third-order valence-corrected chi connectivity index (χ3v) is 2.81. The summed E-state index contributed by atoms with van der Waals surface area (Å²) in [6.45, 7) is 1.65. The van der Waals surface area contributed by atoms with Crippen LogP contribution in [0.1, 0.15) is 17.3 Å². The van der Waals surface area contributed by atoms with Gasteiger partial charge in [0.15, 0.2) is 17.5 Å². The Balaban J connectivity index is 2.77. The molecule has 0 N–H and O–H groups in total. The van der Waals surface area contributed by atoms with Gasteiger partial charge in [-0.3, -0.25) is 4.98 Å². The van der Waals surface area contributed by atoms with Crippen LogP contribution in [0.4, 0.5) is 13.2 Å². The van der Waals surface area contributed by atoms with Crippen LogP contribution in [0.5, 0.6) is 0 Å². The highest BCUT2D eigenvalue weighted by atomic mass is 35.5. The largest absolute Gasteiger partial charge is 0.462 e. The predicted molar refractivity (Wildman–Crippen MR) is 62.6 cm³/mol. The maximum absolute atomic E-state index is 13.7. The molecule has 1 aromatic heterocycles. The summed E-state index contributed by atoms with van der Waals surface area (Å²) in [7, 11) is 0. The number of halogens is 4. The molecule has 3 nitrogen and oxygen atoms in total. The van der Waals surface area contributed by atoms with E-state index in [1.807, 2.05) is 0 Å². The first-order chi connectivity index (χ1) is 8.97. The molecule has 0 fully saturated rings. The minimum Gasteiger partial charge on any atom is -0.462 e. The number of carbonyl (C=O) groups excluding carboxylic acids is 1. The normalized spacial score (nSPS) is 10.8. The Kier molecular flexibility index (Phi) is 3.61. The van der Waals surface area contributed by atoms with Gasteiger partial charge in [0.1, 0.15) is 5.52 Å². The fourth-order valence-electron chi connectivity index (χ4n) is 1.58. The van der Waals surface area contributed by atoms with Gasteiger partial charge in [-0.05, 0) is 6.92 Å². The van der Waals surface area contributed by atoms with E-state index in [4.69, 9.17) is 11.6 Å². The van der Waals surface area contributed by atoms with Gasteiger partial charge in [0.05, 0.1) is 22.6 Å². The fourth-order valence-corrected chi connectivity index (χ4v) is 1.88. The second kappa shape index (κ2) is 5.05. The van der Waals surface area contributed by atoms with Gasteiger partial charge in [0.25, 0.3) is 0 Å². The van der Waals surface area contributed by atoms with E-state index in [1.54, 1.807) is 6.92 Å². The van der Waals surface area contributed by atoms with Gasteiger partial charge in [0, 0.05) is 12.3 Å². The fraction of sp³-hybridized carbons (Fsp3) is 0.167. The molecule has 0 saturated carbocycles. The molecule has 0 aliphatic rings. The van der Waals surface area contributed by atoms with E-state index in [1.165, 1.54) is 0 Å². The maximum Gasteiger partial charge on any atom is 0.341 e. The van der Waals surface area contributed by atoms with Gasteiger partial charge >= 0.3 is 5.97 Å². The molecule has 2 aromatic rings. The Labute approximate surface area is 111 Å². The molecule has 0 atom stereocenters. The third-order valence-electron chi connectivity index (χ3n) is 2.42. The van der Waals surface area contributed by atoms with Gasteiger partial charge < -0.3 is 4.74 Å². The number of nitrogens with zero attached hydrogens (tertiary/aromatic N) is 1. The zero-order valence-corrected chi connectivity index (χ0v) is 10.4. The highest BCUT2D eigenvalue weighted by Gasteiger charge is 2.21. The summed E-state index contributed by atoms with van der Waals surface area (Å²) in [6.07, 6.45) is 0.961. The molecule has 0 saturated heterocycles. The molecule has 1 aromatic carbocycles. The maximum atomic E-state index is 13.7. The van der Waals surface area contributed by atoms with Crippen molar-refractivity contribution in [3.8, 4) is 0 Å². The summed E-state index contributed by atoms with van der Waals surface area (Å²) in [4.78, 5) is 15.1. The van der Waals surface area contributed by atoms with Gasteiger partial charge in [-0.15, -0.1) is 0 Å². The SMILES string of the molecule is CCOC(=O)c1cnc2c(F)cc(F)c(F)c2c1Cl. The third kappa shape index (κ3) is 2.23. The van der Waals surface area contributed by atoms with Crippen molar-refractivity contribution in [2.75, 3.05) is 6.61 Å². The number of hydrogen-bond donors (Lipinski definition) is 0. The lowest BCUT2D eigenvalue weighted by Gasteiger charge is -2.08. The minimum absolute atomic E-state index is 0.0766. The van der Waals surface area contributed by atoms with Gasteiger partial charge in [-0.2, -0.15) is 0 Å². The number of aromatic nitrogens is 1. The van der Waals surface area contributed by atoms with E-state index in [0.29, 0.717) is 6.07 Å². The van der Waals surface area contributed by atoms with Crippen LogP contribution < -0.4 is 0 Å². The van der Waals surface area contributed by atoms with Gasteiger partial charge in [-0.25, -0.2) is 18.0 Å². The molecule has 0 amide bonds. The van der Waals surface area contributed by atoms with Crippen molar-refractivity contribution in [2.24, 2.45) is 0 Å². The van der Waals surface area contributed by atoms with E-state index in [2.05, 4.69) is 9.72 Å². The van der Waals surface area contributed by atoms with Crippen LogP contribution in [0.2, 0.25) is 5.02 Å². The average molecular weight is 290 g/mol. The lowest BCUT2D eigenvalue weighted by atomic mass is 10.1. The van der Waals surface area contributed by atoms with Crippen LogP contribution in [0.3, 0.4) is 0 Å². The van der Waals surface area contributed by atoms with Crippen molar-refractivity contribution in [1.82, 2.24) is 4.98 Å². The van der Waals surface area contributed by atoms with Crippen molar-refractivity contribution < 1.29 is 22.7 Å². The van der Waals surface area contributed by atoms with Crippen LogP contribution in [-0.4, -0.2) is 17.6 Å². The highest BCUT2D eigenvalue weighted by Crippen LogP contribution is 2.31. The molecule has 0 unspecified atom stereocenters. The molecule has 0 radical (unpaired) electrons. The standard InChI is InChI=1S/C12H7ClF3NO2/c1-2-19-12(18)5-4-17-11-7(15)3-6(14)10(16)8(11)9(5)13/h3-4H,2H2,1H3. The van der Waals surface area contributed by atoms with Crippen LogP contribution in [0.15, 0.2) is 12.3 Å². The molecule has 0 bridgehead atoms. The van der Waals surface area contributed by atoms with E-state index in [0.717, 1.165) is 6.20 Å². The molecule has 2 rings (SSSR count). The van der Waals surface area contributed by atoms with Crippen molar-refractivity contribution in [3.63, 3.8) is 0 Å². The second-order valence-electron chi connectivity index (χ2n) is 3.58.